The molecule has 2 aromatic carbocycles. The molecule has 256 valence electrons. The monoisotopic (exact) mass is 664 g/mol. The van der Waals surface area contributed by atoms with E-state index in [4.69, 9.17) is 4.98 Å². The number of pyridine rings is 2. The van der Waals surface area contributed by atoms with E-state index in [0.29, 0.717) is 13.1 Å². The number of amides is 1. The molecule has 1 saturated heterocycles. The smallest absolute Gasteiger partial charge is 0.254 e. The highest BCUT2D eigenvalue weighted by atomic mass is 16.2. The summed E-state index contributed by atoms with van der Waals surface area (Å²) in [6.07, 6.45) is 18.4. The number of benzene rings is 2. The van der Waals surface area contributed by atoms with Crippen molar-refractivity contribution in [3.63, 3.8) is 0 Å². The third-order valence-electron chi connectivity index (χ3n) is 10.3. The SMILES string of the molecule is Cc1ccc(/C(=C\CN2CCCC2)c2cccc(/C=C/CN(C(=O)c3ccc(Cn4c(C)nc5cnccc54)cc3)C3CCCCC3)n2)cc1. The molecule has 0 atom stereocenters. The average molecular weight is 665 g/mol. The van der Waals surface area contributed by atoms with Crippen molar-refractivity contribution in [1.29, 1.82) is 0 Å². The molecule has 0 spiro atoms. The maximum atomic E-state index is 14.1. The normalized spacial score (nSPS) is 16.1. The van der Waals surface area contributed by atoms with Crippen LogP contribution in [0.2, 0.25) is 0 Å². The molecule has 7 nitrogen and oxygen atoms in total. The summed E-state index contributed by atoms with van der Waals surface area (Å²) in [5, 5.41) is 0. The molecule has 0 radical (unpaired) electrons. The number of hydrogen-bond acceptors (Lipinski definition) is 5. The molecule has 4 heterocycles. The van der Waals surface area contributed by atoms with Crippen molar-refractivity contribution in [3.8, 4) is 0 Å². The summed E-state index contributed by atoms with van der Waals surface area (Å²) in [6, 6.07) is 25.4. The lowest BCUT2D eigenvalue weighted by molar-refractivity contribution is 0.0663. The van der Waals surface area contributed by atoms with Gasteiger partial charge in [-0.2, -0.15) is 0 Å². The lowest BCUT2D eigenvalue weighted by Gasteiger charge is -2.34. The van der Waals surface area contributed by atoms with E-state index in [-0.39, 0.29) is 11.9 Å². The van der Waals surface area contributed by atoms with Crippen LogP contribution in [0.4, 0.5) is 0 Å². The van der Waals surface area contributed by atoms with E-state index < -0.39 is 0 Å². The zero-order valence-corrected chi connectivity index (χ0v) is 29.5. The van der Waals surface area contributed by atoms with Crippen molar-refractivity contribution in [2.24, 2.45) is 0 Å². The van der Waals surface area contributed by atoms with Crippen LogP contribution in [0.1, 0.15) is 89.2 Å². The molecule has 0 unspecified atom stereocenters. The maximum Gasteiger partial charge on any atom is 0.254 e. The highest BCUT2D eigenvalue weighted by molar-refractivity contribution is 5.94. The van der Waals surface area contributed by atoms with Crippen molar-refractivity contribution in [1.82, 2.24) is 29.3 Å². The van der Waals surface area contributed by atoms with Crippen molar-refractivity contribution in [2.75, 3.05) is 26.2 Å². The number of hydrogen-bond donors (Lipinski definition) is 0. The summed E-state index contributed by atoms with van der Waals surface area (Å²) in [5.41, 5.74) is 9.32. The van der Waals surface area contributed by atoms with Gasteiger partial charge in [0.25, 0.3) is 5.91 Å². The summed E-state index contributed by atoms with van der Waals surface area (Å²) in [7, 11) is 0. The minimum atomic E-state index is 0.0941. The molecule has 3 aromatic heterocycles. The first-order valence-corrected chi connectivity index (χ1v) is 18.3. The Morgan fingerprint density at radius 3 is 2.40 bits per heavy atom. The molecule has 7 rings (SSSR count). The first-order valence-electron chi connectivity index (χ1n) is 18.3. The summed E-state index contributed by atoms with van der Waals surface area (Å²) in [4.78, 5) is 32.7. The van der Waals surface area contributed by atoms with Crippen molar-refractivity contribution >= 4 is 28.6 Å². The van der Waals surface area contributed by atoms with Gasteiger partial charge in [-0.15, -0.1) is 0 Å². The Labute approximate surface area is 296 Å². The van der Waals surface area contributed by atoms with Crippen LogP contribution in [0.25, 0.3) is 22.7 Å². The minimum Gasteiger partial charge on any atom is -0.332 e. The van der Waals surface area contributed by atoms with Crippen LogP contribution in [0, 0.1) is 13.8 Å². The number of rotatable bonds is 11. The molecular weight excluding hydrogens is 617 g/mol. The number of imidazole rings is 1. The van der Waals surface area contributed by atoms with E-state index in [1.54, 1.807) is 12.4 Å². The Kier molecular flexibility index (Phi) is 10.6. The van der Waals surface area contributed by atoms with Crippen LogP contribution < -0.4 is 0 Å². The lowest BCUT2D eigenvalue weighted by Crippen LogP contribution is -2.41. The van der Waals surface area contributed by atoms with E-state index in [1.165, 1.54) is 48.8 Å². The predicted molar refractivity (Wildman–Crippen MR) is 203 cm³/mol. The number of likely N-dealkylation sites (tertiary alicyclic amines) is 1. The van der Waals surface area contributed by atoms with Crippen LogP contribution in [0.3, 0.4) is 0 Å². The van der Waals surface area contributed by atoms with Crippen molar-refractivity contribution in [3.05, 3.63) is 137 Å². The molecule has 0 N–H and O–H groups in total. The molecule has 50 heavy (non-hydrogen) atoms. The summed E-state index contributed by atoms with van der Waals surface area (Å²) < 4.78 is 2.20. The minimum absolute atomic E-state index is 0.0941. The Bertz CT molecular complexity index is 1960. The fourth-order valence-corrected chi connectivity index (χ4v) is 7.46. The Hall–Kier alpha value is -4.88. The van der Waals surface area contributed by atoms with Gasteiger partial charge in [0.2, 0.25) is 0 Å². The van der Waals surface area contributed by atoms with Gasteiger partial charge in [-0.3, -0.25) is 14.7 Å². The van der Waals surface area contributed by atoms with Crippen LogP contribution in [0.5, 0.6) is 0 Å². The van der Waals surface area contributed by atoms with Gasteiger partial charge in [-0.05, 0) is 100 Å². The van der Waals surface area contributed by atoms with Gasteiger partial charge in [-0.25, -0.2) is 9.97 Å². The molecule has 1 amide bonds. The largest absolute Gasteiger partial charge is 0.332 e. The molecular formula is C43H48N6O. The quantitative estimate of drug-likeness (QED) is 0.142. The number of carbonyl (C=O) groups excluding carboxylic acids is 1. The molecule has 0 bridgehead atoms. The molecule has 5 aromatic rings. The maximum absolute atomic E-state index is 14.1. The highest BCUT2D eigenvalue weighted by Gasteiger charge is 2.25. The fraction of sp³-hybridized carbons (Fsp3) is 0.349. The summed E-state index contributed by atoms with van der Waals surface area (Å²) >= 11 is 0. The topological polar surface area (TPSA) is 67.2 Å². The van der Waals surface area contributed by atoms with Gasteiger partial charge in [0, 0.05) is 43.0 Å². The van der Waals surface area contributed by atoms with Gasteiger partial charge < -0.3 is 9.47 Å². The van der Waals surface area contributed by atoms with Gasteiger partial charge in [0.05, 0.1) is 23.1 Å². The van der Waals surface area contributed by atoms with Crippen molar-refractivity contribution < 1.29 is 4.79 Å². The van der Waals surface area contributed by atoms with E-state index in [1.807, 2.05) is 25.1 Å². The molecule has 7 heteroatoms. The Balaban J connectivity index is 1.08. The number of carbonyl (C=O) groups is 1. The van der Waals surface area contributed by atoms with Gasteiger partial charge in [-0.1, -0.05) is 79.4 Å². The summed E-state index contributed by atoms with van der Waals surface area (Å²) in [6.45, 7) is 8.66. The second-order valence-electron chi connectivity index (χ2n) is 13.9. The standard InChI is InChI=1S/C43H48N6O/c1-32-15-19-35(20-16-32)39(24-29-47-26-6-7-27-47)40-14-8-10-37(46-40)11-9-28-48(38-12-4-3-5-13-38)43(50)36-21-17-34(18-22-36)31-49-33(2)45-41-30-44-25-23-42(41)49/h8-11,14-25,30,38H,3-7,12-13,26-29,31H2,1-2H3/b11-9+,39-24+. The van der Waals surface area contributed by atoms with Crippen LogP contribution in [-0.4, -0.2) is 67.4 Å². The van der Waals surface area contributed by atoms with E-state index in [0.717, 1.165) is 71.8 Å². The number of aryl methyl sites for hydroxylation is 2. The molecule has 1 saturated carbocycles. The Morgan fingerprint density at radius 2 is 1.62 bits per heavy atom. The third-order valence-corrected chi connectivity index (χ3v) is 10.3. The fourth-order valence-electron chi connectivity index (χ4n) is 7.46. The van der Waals surface area contributed by atoms with Gasteiger partial charge in [0.15, 0.2) is 0 Å². The second-order valence-corrected chi connectivity index (χ2v) is 13.9. The average Bonchev–Trinajstić information content (AvgIpc) is 3.79. The molecule has 1 aliphatic carbocycles. The van der Waals surface area contributed by atoms with Crippen LogP contribution in [-0.2, 0) is 6.54 Å². The number of aromatic nitrogens is 4. The van der Waals surface area contributed by atoms with Crippen LogP contribution in [0.15, 0.2) is 97.3 Å². The number of nitrogens with zero attached hydrogens (tertiary/aromatic N) is 6. The zero-order valence-electron chi connectivity index (χ0n) is 29.5. The molecule has 2 aliphatic rings. The predicted octanol–water partition coefficient (Wildman–Crippen LogP) is 8.51. The summed E-state index contributed by atoms with van der Waals surface area (Å²) in [5.74, 6) is 1.05. The second kappa shape index (κ2) is 15.8. The van der Waals surface area contributed by atoms with Gasteiger partial charge in [0.1, 0.15) is 11.3 Å². The first-order chi connectivity index (χ1) is 24.5. The number of fused-ring (bicyclic) bond motifs is 1. The van der Waals surface area contributed by atoms with Gasteiger partial charge >= 0.3 is 0 Å². The first kappa shape index (κ1) is 33.6. The van der Waals surface area contributed by atoms with E-state index in [9.17, 15) is 4.79 Å². The van der Waals surface area contributed by atoms with E-state index >= 15 is 0 Å². The highest BCUT2D eigenvalue weighted by Crippen LogP contribution is 2.26. The zero-order chi connectivity index (χ0) is 34.3. The van der Waals surface area contributed by atoms with Crippen molar-refractivity contribution in [2.45, 2.75) is 71.4 Å². The molecule has 1 aliphatic heterocycles. The van der Waals surface area contributed by atoms with Crippen LogP contribution >= 0.6 is 0 Å². The lowest BCUT2D eigenvalue weighted by atomic mass is 9.93. The third kappa shape index (κ3) is 7.95. The Morgan fingerprint density at radius 1 is 0.860 bits per heavy atom. The van der Waals surface area contributed by atoms with E-state index in [2.05, 4.69) is 104 Å². The molecule has 2 fully saturated rings.